The Bertz CT molecular complexity index is 571. The molecule has 0 amide bonds. The average Bonchev–Trinajstić information content (AvgIpc) is 2.33. The maximum absolute atomic E-state index is 12.0. The molecule has 0 aromatic heterocycles. The van der Waals surface area contributed by atoms with Gasteiger partial charge >= 0.3 is 0 Å². The smallest absolute Gasteiger partial charge is 0.240 e. The van der Waals surface area contributed by atoms with Gasteiger partial charge in [0.1, 0.15) is 0 Å². The lowest BCUT2D eigenvalue weighted by atomic mass is 9.90. The molecule has 0 saturated heterocycles. The van der Waals surface area contributed by atoms with Crippen molar-refractivity contribution >= 4 is 10.0 Å². The topological polar surface area (TPSA) is 79.2 Å². The molecule has 0 unspecified atom stereocenters. The number of nitrogens with one attached hydrogen (secondary N) is 1. The fraction of sp³-hybridized carbons (Fsp3) is 0.417. The molecule has 6 heteroatoms. The predicted molar refractivity (Wildman–Crippen MR) is 65.3 cm³/mol. The second-order valence-electron chi connectivity index (χ2n) is 4.29. The number of hydrogen-bond acceptors (Lipinski definition) is 4. The van der Waals surface area contributed by atoms with Crippen molar-refractivity contribution in [2.45, 2.75) is 29.9 Å². The standard InChI is InChI=1S/C12H14N2O3S/c1-17-11-6-10(7-11)14-18(15,16)12-4-2-3-9(5-12)8-13/h2-5,10-11,14H,6-7H2,1H3. The van der Waals surface area contributed by atoms with E-state index in [9.17, 15) is 8.42 Å². The zero-order valence-electron chi connectivity index (χ0n) is 9.96. The van der Waals surface area contributed by atoms with Crippen molar-refractivity contribution in [2.24, 2.45) is 0 Å². The van der Waals surface area contributed by atoms with Gasteiger partial charge < -0.3 is 4.74 Å². The number of hydrogen-bond donors (Lipinski definition) is 1. The molecule has 0 heterocycles. The summed E-state index contributed by atoms with van der Waals surface area (Å²) in [6.45, 7) is 0. The lowest BCUT2D eigenvalue weighted by Crippen LogP contribution is -2.47. The SMILES string of the molecule is COC1CC(NS(=O)(=O)c2cccc(C#N)c2)C1. The van der Waals surface area contributed by atoms with E-state index in [1.54, 1.807) is 19.2 Å². The summed E-state index contributed by atoms with van der Waals surface area (Å²) in [5.74, 6) is 0. The first-order valence-electron chi connectivity index (χ1n) is 5.60. The highest BCUT2D eigenvalue weighted by atomic mass is 32.2. The Morgan fingerprint density at radius 1 is 1.44 bits per heavy atom. The fourth-order valence-electron chi connectivity index (χ4n) is 1.87. The van der Waals surface area contributed by atoms with E-state index in [0.717, 1.165) is 0 Å². The second-order valence-corrected chi connectivity index (χ2v) is 6.00. The summed E-state index contributed by atoms with van der Waals surface area (Å²) < 4.78 is 31.8. The van der Waals surface area contributed by atoms with E-state index in [-0.39, 0.29) is 17.0 Å². The Labute approximate surface area is 106 Å². The van der Waals surface area contributed by atoms with Crippen LogP contribution in [0.25, 0.3) is 0 Å². The Hall–Kier alpha value is -1.42. The van der Waals surface area contributed by atoms with Gasteiger partial charge in [-0.15, -0.1) is 0 Å². The van der Waals surface area contributed by atoms with Crippen LogP contribution < -0.4 is 4.72 Å². The highest BCUT2D eigenvalue weighted by Crippen LogP contribution is 2.24. The minimum atomic E-state index is -3.54. The molecule has 0 radical (unpaired) electrons. The van der Waals surface area contributed by atoms with Gasteiger partial charge in [0.2, 0.25) is 10.0 Å². The van der Waals surface area contributed by atoms with Gasteiger partial charge in [0.05, 0.1) is 22.6 Å². The summed E-state index contributed by atoms with van der Waals surface area (Å²) in [6, 6.07) is 7.83. The van der Waals surface area contributed by atoms with Crippen LogP contribution in [0.1, 0.15) is 18.4 Å². The zero-order chi connectivity index (χ0) is 13.2. The maximum atomic E-state index is 12.0. The van der Waals surface area contributed by atoms with Crippen molar-refractivity contribution in [1.82, 2.24) is 4.72 Å². The number of nitrogens with zero attached hydrogens (tertiary/aromatic N) is 1. The van der Waals surface area contributed by atoms with Gasteiger partial charge in [0, 0.05) is 13.2 Å². The van der Waals surface area contributed by atoms with E-state index in [2.05, 4.69) is 4.72 Å². The third-order valence-corrected chi connectivity index (χ3v) is 4.54. The zero-order valence-corrected chi connectivity index (χ0v) is 10.8. The Kier molecular flexibility index (Phi) is 3.66. The van der Waals surface area contributed by atoms with Crippen molar-refractivity contribution in [3.63, 3.8) is 0 Å². The monoisotopic (exact) mass is 266 g/mol. The minimum absolute atomic E-state index is 0.0781. The summed E-state index contributed by atoms with van der Waals surface area (Å²) in [6.07, 6.45) is 1.52. The van der Waals surface area contributed by atoms with Gasteiger partial charge in [-0.1, -0.05) is 6.07 Å². The molecule has 0 spiro atoms. The molecule has 96 valence electrons. The van der Waals surface area contributed by atoms with Crippen LogP contribution >= 0.6 is 0 Å². The molecule has 1 aromatic carbocycles. The summed E-state index contributed by atoms with van der Waals surface area (Å²) in [5.41, 5.74) is 0.334. The molecular formula is C12H14N2O3S. The number of nitriles is 1. The molecule has 18 heavy (non-hydrogen) atoms. The Balaban J connectivity index is 2.09. The third-order valence-electron chi connectivity index (χ3n) is 3.02. The number of methoxy groups -OCH3 is 1. The summed E-state index contributed by atoms with van der Waals surface area (Å²) >= 11 is 0. The van der Waals surface area contributed by atoms with E-state index in [1.807, 2.05) is 6.07 Å². The number of benzene rings is 1. The van der Waals surface area contributed by atoms with Crippen molar-refractivity contribution in [3.8, 4) is 6.07 Å². The fourth-order valence-corrected chi connectivity index (χ4v) is 3.18. The first kappa shape index (κ1) is 13.0. The van der Waals surface area contributed by atoms with Gasteiger partial charge in [0.15, 0.2) is 0 Å². The van der Waals surface area contributed by atoms with Crippen LogP contribution in [0.4, 0.5) is 0 Å². The van der Waals surface area contributed by atoms with Crippen LogP contribution in [0, 0.1) is 11.3 Å². The molecule has 1 fully saturated rings. The van der Waals surface area contributed by atoms with Crippen molar-refractivity contribution in [2.75, 3.05) is 7.11 Å². The molecule has 0 atom stereocenters. The van der Waals surface area contributed by atoms with E-state index in [4.69, 9.17) is 10.00 Å². The maximum Gasteiger partial charge on any atom is 0.240 e. The van der Waals surface area contributed by atoms with Crippen LogP contribution in [0.5, 0.6) is 0 Å². The number of rotatable bonds is 4. The van der Waals surface area contributed by atoms with E-state index >= 15 is 0 Å². The molecule has 0 bridgehead atoms. The summed E-state index contributed by atoms with van der Waals surface area (Å²) in [7, 11) is -1.92. The highest BCUT2D eigenvalue weighted by Gasteiger charge is 2.32. The second kappa shape index (κ2) is 5.06. The van der Waals surface area contributed by atoms with Gasteiger partial charge in [-0.3, -0.25) is 0 Å². The first-order chi connectivity index (χ1) is 8.55. The molecule has 1 aliphatic rings. The van der Waals surface area contributed by atoms with Crippen LogP contribution in [-0.2, 0) is 14.8 Å². The van der Waals surface area contributed by atoms with E-state index < -0.39 is 10.0 Å². The summed E-state index contributed by atoms with van der Waals surface area (Å²) in [5, 5.41) is 8.75. The highest BCUT2D eigenvalue weighted by molar-refractivity contribution is 7.89. The third kappa shape index (κ3) is 2.70. The van der Waals surface area contributed by atoms with Gasteiger partial charge in [-0.05, 0) is 31.0 Å². The largest absolute Gasteiger partial charge is 0.381 e. The number of ether oxygens (including phenoxy) is 1. The van der Waals surface area contributed by atoms with Crippen LogP contribution in [0.3, 0.4) is 0 Å². The van der Waals surface area contributed by atoms with Gasteiger partial charge in [-0.2, -0.15) is 5.26 Å². The molecule has 0 aliphatic heterocycles. The Morgan fingerprint density at radius 2 is 2.17 bits per heavy atom. The van der Waals surface area contributed by atoms with Crippen molar-refractivity contribution in [3.05, 3.63) is 29.8 Å². The molecular weight excluding hydrogens is 252 g/mol. The predicted octanol–water partition coefficient (Wildman–Crippen LogP) is 1.01. The quantitative estimate of drug-likeness (QED) is 0.882. The van der Waals surface area contributed by atoms with Crippen molar-refractivity contribution < 1.29 is 13.2 Å². The van der Waals surface area contributed by atoms with E-state index in [1.165, 1.54) is 12.1 Å². The van der Waals surface area contributed by atoms with Gasteiger partial charge in [0.25, 0.3) is 0 Å². The lowest BCUT2D eigenvalue weighted by molar-refractivity contribution is 0.0236. The molecule has 5 nitrogen and oxygen atoms in total. The molecule has 2 rings (SSSR count). The minimum Gasteiger partial charge on any atom is -0.381 e. The van der Waals surface area contributed by atoms with Crippen molar-refractivity contribution in [1.29, 1.82) is 5.26 Å². The average molecular weight is 266 g/mol. The molecule has 1 aromatic rings. The van der Waals surface area contributed by atoms with Crippen LogP contribution in [0.2, 0.25) is 0 Å². The normalized spacial score (nSPS) is 23.1. The van der Waals surface area contributed by atoms with E-state index in [0.29, 0.717) is 18.4 Å². The Morgan fingerprint density at radius 3 is 2.78 bits per heavy atom. The first-order valence-corrected chi connectivity index (χ1v) is 7.09. The lowest BCUT2D eigenvalue weighted by Gasteiger charge is -2.34. The number of sulfonamides is 1. The molecule has 1 saturated carbocycles. The van der Waals surface area contributed by atoms with Gasteiger partial charge in [-0.25, -0.2) is 13.1 Å². The summed E-state index contributed by atoms with van der Waals surface area (Å²) in [4.78, 5) is 0.127. The molecule has 1 N–H and O–H groups in total. The van der Waals surface area contributed by atoms with Crippen LogP contribution in [-0.4, -0.2) is 27.7 Å². The van der Waals surface area contributed by atoms with Crippen LogP contribution in [0.15, 0.2) is 29.2 Å². The molecule has 1 aliphatic carbocycles.